The molecule has 1 heterocycles. The zero-order valence-electron chi connectivity index (χ0n) is 11.6. The number of amides is 1. The van der Waals surface area contributed by atoms with Gasteiger partial charge in [0.2, 0.25) is 5.91 Å². The molecule has 1 aliphatic heterocycles. The van der Waals surface area contributed by atoms with Crippen molar-refractivity contribution >= 4 is 17.6 Å². The first kappa shape index (κ1) is 15.4. The largest absolute Gasteiger partial charge is 0.478 e. The molecule has 2 rings (SSSR count). The van der Waals surface area contributed by atoms with E-state index in [0.29, 0.717) is 13.2 Å². The van der Waals surface area contributed by atoms with Crippen molar-refractivity contribution in [3.8, 4) is 0 Å². The van der Waals surface area contributed by atoms with E-state index in [1.807, 2.05) is 6.92 Å². The lowest BCUT2D eigenvalue weighted by atomic mass is 10.0. The molecule has 1 amide bonds. The average Bonchev–Trinajstić information content (AvgIpc) is 2.87. The van der Waals surface area contributed by atoms with Crippen LogP contribution in [0.5, 0.6) is 0 Å². The van der Waals surface area contributed by atoms with E-state index in [0.717, 1.165) is 18.2 Å². The van der Waals surface area contributed by atoms with Gasteiger partial charge in [0.25, 0.3) is 0 Å². The molecule has 0 aliphatic carbocycles. The van der Waals surface area contributed by atoms with Gasteiger partial charge in [-0.15, -0.1) is 0 Å². The third-order valence-electron chi connectivity index (χ3n) is 3.35. The molecule has 2 atom stereocenters. The summed E-state index contributed by atoms with van der Waals surface area (Å²) in [5.74, 6) is -2.65. The summed E-state index contributed by atoms with van der Waals surface area (Å²) < 4.78 is 18.5. The number of halogens is 1. The molecular formula is C14H17FN2O4. The van der Waals surface area contributed by atoms with E-state index in [1.165, 1.54) is 0 Å². The van der Waals surface area contributed by atoms with Gasteiger partial charge in [0.1, 0.15) is 5.82 Å². The average molecular weight is 296 g/mol. The summed E-state index contributed by atoms with van der Waals surface area (Å²) in [6.07, 6.45) is 0. The maximum atomic E-state index is 13.3. The maximum Gasteiger partial charge on any atom is 0.337 e. The van der Waals surface area contributed by atoms with E-state index in [1.54, 1.807) is 0 Å². The van der Waals surface area contributed by atoms with Crippen LogP contribution < -0.4 is 10.6 Å². The third-order valence-corrected chi connectivity index (χ3v) is 3.35. The number of carbonyl (C=O) groups is 2. The summed E-state index contributed by atoms with van der Waals surface area (Å²) in [6.45, 7) is 3.28. The molecule has 0 bridgehead atoms. The molecule has 1 aliphatic rings. The molecule has 0 radical (unpaired) electrons. The summed E-state index contributed by atoms with van der Waals surface area (Å²) >= 11 is 0. The first-order valence-corrected chi connectivity index (χ1v) is 6.67. The maximum absolute atomic E-state index is 13.3. The third kappa shape index (κ3) is 3.56. The van der Waals surface area contributed by atoms with Gasteiger partial charge in [0.15, 0.2) is 0 Å². The molecular weight excluding hydrogens is 279 g/mol. The van der Waals surface area contributed by atoms with Crippen molar-refractivity contribution in [2.75, 3.05) is 25.1 Å². The monoisotopic (exact) mass is 296 g/mol. The van der Waals surface area contributed by atoms with Crippen LogP contribution in [0.4, 0.5) is 10.1 Å². The minimum Gasteiger partial charge on any atom is -0.478 e. The van der Waals surface area contributed by atoms with Crippen molar-refractivity contribution in [1.29, 1.82) is 0 Å². The number of aromatic carboxylic acids is 1. The molecule has 1 aromatic rings. The fourth-order valence-electron chi connectivity index (χ4n) is 2.31. The Labute approximate surface area is 121 Å². The lowest BCUT2D eigenvalue weighted by Crippen LogP contribution is -2.41. The molecule has 6 nitrogen and oxygen atoms in total. The Balaban J connectivity index is 2.16. The van der Waals surface area contributed by atoms with Gasteiger partial charge in [-0.1, -0.05) is 6.92 Å². The Morgan fingerprint density at radius 1 is 1.43 bits per heavy atom. The van der Waals surface area contributed by atoms with Crippen molar-refractivity contribution in [3.63, 3.8) is 0 Å². The first-order chi connectivity index (χ1) is 10.0. The predicted molar refractivity (Wildman–Crippen MR) is 73.8 cm³/mol. The fraction of sp³-hybridized carbons (Fsp3) is 0.429. The van der Waals surface area contributed by atoms with E-state index in [9.17, 15) is 14.0 Å². The number of anilines is 1. The summed E-state index contributed by atoms with van der Waals surface area (Å²) in [4.78, 5) is 23.3. The molecule has 3 N–H and O–H groups in total. The quantitative estimate of drug-likeness (QED) is 0.757. The Kier molecular flexibility index (Phi) is 4.87. The summed E-state index contributed by atoms with van der Waals surface area (Å²) in [5.41, 5.74) is -0.196. The smallest absolute Gasteiger partial charge is 0.337 e. The molecule has 0 aromatic heterocycles. The number of carbonyl (C=O) groups excluding carboxylic acids is 1. The highest BCUT2D eigenvalue weighted by molar-refractivity contribution is 6.01. The molecule has 0 spiro atoms. The van der Waals surface area contributed by atoms with E-state index >= 15 is 0 Å². The van der Waals surface area contributed by atoms with E-state index in [-0.39, 0.29) is 29.8 Å². The van der Waals surface area contributed by atoms with Crippen molar-refractivity contribution in [2.24, 2.45) is 5.92 Å². The fourth-order valence-corrected chi connectivity index (χ4v) is 2.31. The van der Waals surface area contributed by atoms with Gasteiger partial charge in [0, 0.05) is 6.04 Å². The van der Waals surface area contributed by atoms with Crippen molar-refractivity contribution in [3.05, 3.63) is 29.6 Å². The van der Waals surface area contributed by atoms with Crippen LogP contribution in [-0.4, -0.2) is 42.8 Å². The highest BCUT2D eigenvalue weighted by atomic mass is 19.1. The van der Waals surface area contributed by atoms with Crippen LogP contribution in [0.2, 0.25) is 0 Å². The SMILES string of the molecule is CCNC1COCC1C(=O)Nc1cc(F)ccc1C(=O)O. The standard InChI is InChI=1S/C14H17FN2O4/c1-2-16-12-7-21-6-10(12)13(18)17-11-5-8(15)3-4-9(11)14(19)20/h3-5,10,12,16H,2,6-7H2,1H3,(H,17,18)(H,19,20). The second-order valence-corrected chi connectivity index (χ2v) is 4.79. The minimum absolute atomic E-state index is 0.0466. The minimum atomic E-state index is -1.23. The lowest BCUT2D eigenvalue weighted by Gasteiger charge is -2.18. The molecule has 7 heteroatoms. The second kappa shape index (κ2) is 6.64. The van der Waals surface area contributed by atoms with Crippen molar-refractivity contribution < 1.29 is 23.8 Å². The molecule has 114 valence electrons. The van der Waals surface area contributed by atoms with Crippen LogP contribution in [-0.2, 0) is 9.53 Å². The first-order valence-electron chi connectivity index (χ1n) is 6.67. The summed E-state index contributed by atoms with van der Waals surface area (Å²) in [7, 11) is 0. The number of hydrogen-bond donors (Lipinski definition) is 3. The molecule has 1 fully saturated rings. The highest BCUT2D eigenvalue weighted by Crippen LogP contribution is 2.21. The van der Waals surface area contributed by atoms with Crippen molar-refractivity contribution in [2.45, 2.75) is 13.0 Å². The zero-order chi connectivity index (χ0) is 15.4. The number of carboxylic acids is 1. The van der Waals surface area contributed by atoms with Gasteiger partial charge in [0.05, 0.1) is 30.4 Å². The highest BCUT2D eigenvalue weighted by Gasteiger charge is 2.33. The Morgan fingerprint density at radius 2 is 2.19 bits per heavy atom. The lowest BCUT2D eigenvalue weighted by molar-refractivity contribution is -0.120. The Bertz CT molecular complexity index is 550. The summed E-state index contributed by atoms with van der Waals surface area (Å²) in [5, 5.41) is 14.7. The molecule has 2 unspecified atom stereocenters. The van der Waals surface area contributed by atoms with Crippen LogP contribution in [0.3, 0.4) is 0 Å². The van der Waals surface area contributed by atoms with E-state index < -0.39 is 17.7 Å². The number of nitrogens with one attached hydrogen (secondary N) is 2. The molecule has 1 aromatic carbocycles. The van der Waals surface area contributed by atoms with Gasteiger partial charge >= 0.3 is 5.97 Å². The van der Waals surface area contributed by atoms with Gasteiger partial charge in [-0.05, 0) is 24.7 Å². The predicted octanol–water partition coefficient (Wildman–Crippen LogP) is 1.09. The van der Waals surface area contributed by atoms with E-state index in [2.05, 4.69) is 10.6 Å². The number of rotatable bonds is 5. The normalized spacial score (nSPS) is 21.2. The van der Waals surface area contributed by atoms with Crippen LogP contribution >= 0.6 is 0 Å². The zero-order valence-corrected chi connectivity index (χ0v) is 11.6. The van der Waals surface area contributed by atoms with Crippen LogP contribution in [0.25, 0.3) is 0 Å². The molecule has 21 heavy (non-hydrogen) atoms. The van der Waals surface area contributed by atoms with Crippen molar-refractivity contribution in [1.82, 2.24) is 5.32 Å². The van der Waals surface area contributed by atoms with E-state index in [4.69, 9.17) is 9.84 Å². The van der Waals surface area contributed by atoms with Crippen LogP contribution in [0, 0.1) is 11.7 Å². The Hall–Kier alpha value is -1.99. The molecule has 1 saturated heterocycles. The summed E-state index contributed by atoms with van der Waals surface area (Å²) in [6, 6.07) is 3.04. The van der Waals surface area contributed by atoms with Crippen LogP contribution in [0.15, 0.2) is 18.2 Å². The number of ether oxygens (including phenoxy) is 1. The number of hydrogen-bond acceptors (Lipinski definition) is 4. The van der Waals surface area contributed by atoms with Crippen LogP contribution in [0.1, 0.15) is 17.3 Å². The number of benzene rings is 1. The molecule has 0 saturated carbocycles. The second-order valence-electron chi connectivity index (χ2n) is 4.79. The Morgan fingerprint density at radius 3 is 2.86 bits per heavy atom. The number of carboxylic acid groups (broad SMARTS) is 1. The van der Waals surface area contributed by atoms with Gasteiger partial charge in [-0.3, -0.25) is 4.79 Å². The van der Waals surface area contributed by atoms with Gasteiger partial charge in [-0.25, -0.2) is 9.18 Å². The topological polar surface area (TPSA) is 87.7 Å². The number of likely N-dealkylation sites (N-methyl/N-ethyl adjacent to an activating group) is 1. The van der Waals surface area contributed by atoms with Gasteiger partial charge < -0.3 is 20.5 Å². The van der Waals surface area contributed by atoms with Gasteiger partial charge in [-0.2, -0.15) is 0 Å².